The summed E-state index contributed by atoms with van der Waals surface area (Å²) in [7, 11) is 0. The van der Waals surface area contributed by atoms with E-state index in [1.54, 1.807) is 18.2 Å². The van der Waals surface area contributed by atoms with E-state index < -0.39 is 4.92 Å². The zero-order valence-corrected chi connectivity index (χ0v) is 12.1. The highest BCUT2D eigenvalue weighted by atomic mass is 16.6. The first-order chi connectivity index (χ1) is 8.82. The summed E-state index contributed by atoms with van der Waals surface area (Å²) in [6.07, 6.45) is 1.50. The zero-order valence-electron chi connectivity index (χ0n) is 12.1. The van der Waals surface area contributed by atoms with Gasteiger partial charge in [0.15, 0.2) is 0 Å². The highest BCUT2D eigenvalue weighted by molar-refractivity contribution is 5.78. The summed E-state index contributed by atoms with van der Waals surface area (Å²) in [6, 6.07) is 7.93. The second kappa shape index (κ2) is 9.25. The van der Waals surface area contributed by atoms with Crippen LogP contribution in [0.15, 0.2) is 30.3 Å². The summed E-state index contributed by atoms with van der Waals surface area (Å²) < 4.78 is 0. The van der Waals surface area contributed by atoms with Crippen molar-refractivity contribution in [1.29, 1.82) is 0 Å². The molecule has 0 saturated carbocycles. The Bertz CT molecular complexity index is 374. The van der Waals surface area contributed by atoms with Crippen molar-refractivity contribution in [3.63, 3.8) is 0 Å². The molecule has 0 amide bonds. The molecule has 1 aromatic rings. The molecule has 0 radical (unpaired) electrons. The number of ketones is 1. The fourth-order valence-corrected chi connectivity index (χ4v) is 1.54. The molecule has 0 N–H and O–H groups in total. The van der Waals surface area contributed by atoms with Gasteiger partial charge >= 0.3 is 0 Å². The van der Waals surface area contributed by atoms with Gasteiger partial charge in [-0.05, 0) is 11.8 Å². The molecule has 1 aromatic carbocycles. The maximum Gasteiger partial charge on any atom is 0.269 e. The van der Waals surface area contributed by atoms with Crippen molar-refractivity contribution in [3.8, 4) is 0 Å². The fraction of sp³-hybridized carbons (Fsp3) is 0.533. The predicted octanol–water partition coefficient (Wildman–Crippen LogP) is 4.24. The summed E-state index contributed by atoms with van der Waals surface area (Å²) in [5.74, 6) is 1.45. The molecular weight excluding hydrogens is 242 g/mol. The minimum atomic E-state index is -0.417. The molecular formula is C15H23NO3. The van der Waals surface area contributed by atoms with Crippen LogP contribution in [0.2, 0.25) is 0 Å². The van der Waals surface area contributed by atoms with E-state index in [2.05, 4.69) is 27.7 Å². The topological polar surface area (TPSA) is 60.2 Å². The summed E-state index contributed by atoms with van der Waals surface area (Å²) >= 11 is 0. The Kier molecular flexibility index (Phi) is 8.42. The Morgan fingerprint density at radius 3 is 1.74 bits per heavy atom. The Hall–Kier alpha value is -1.71. The van der Waals surface area contributed by atoms with Crippen LogP contribution in [-0.2, 0) is 4.79 Å². The van der Waals surface area contributed by atoms with Crippen LogP contribution in [0.1, 0.15) is 40.5 Å². The highest BCUT2D eigenvalue weighted by Gasteiger charge is 2.06. The molecule has 106 valence electrons. The normalized spacial score (nSPS) is 10.0. The molecule has 0 fully saturated rings. The highest BCUT2D eigenvalue weighted by Crippen LogP contribution is 2.08. The Morgan fingerprint density at radius 2 is 1.47 bits per heavy atom. The van der Waals surface area contributed by atoms with Gasteiger partial charge in [-0.25, -0.2) is 0 Å². The quantitative estimate of drug-likeness (QED) is 0.591. The Morgan fingerprint density at radius 1 is 1.05 bits per heavy atom. The van der Waals surface area contributed by atoms with Gasteiger partial charge in [-0.3, -0.25) is 14.9 Å². The molecule has 0 atom stereocenters. The van der Waals surface area contributed by atoms with Gasteiger partial charge in [0.05, 0.1) is 4.92 Å². The van der Waals surface area contributed by atoms with Crippen LogP contribution >= 0.6 is 0 Å². The lowest BCUT2D eigenvalue weighted by Gasteiger charge is -2.05. The van der Waals surface area contributed by atoms with Gasteiger partial charge < -0.3 is 0 Å². The van der Waals surface area contributed by atoms with Gasteiger partial charge in [0, 0.05) is 25.0 Å². The van der Waals surface area contributed by atoms with Gasteiger partial charge in [0.2, 0.25) is 0 Å². The third kappa shape index (κ3) is 9.94. The number of benzene rings is 1. The molecule has 0 bridgehead atoms. The molecule has 1 rings (SSSR count). The average Bonchev–Trinajstić information content (AvgIpc) is 2.28. The Labute approximate surface area is 115 Å². The summed E-state index contributed by atoms with van der Waals surface area (Å²) in [5.41, 5.74) is 0.137. The van der Waals surface area contributed by atoms with Crippen LogP contribution in [0.25, 0.3) is 0 Å². The van der Waals surface area contributed by atoms with E-state index in [-0.39, 0.29) is 5.69 Å². The van der Waals surface area contributed by atoms with E-state index in [9.17, 15) is 14.9 Å². The minimum absolute atomic E-state index is 0.137. The maximum atomic E-state index is 11.1. The molecule has 0 aromatic heterocycles. The number of nitro groups is 1. The van der Waals surface area contributed by atoms with Gasteiger partial charge in [-0.1, -0.05) is 45.9 Å². The van der Waals surface area contributed by atoms with E-state index in [1.165, 1.54) is 12.1 Å². The lowest BCUT2D eigenvalue weighted by Crippen LogP contribution is -2.05. The van der Waals surface area contributed by atoms with Crippen molar-refractivity contribution < 1.29 is 9.72 Å². The molecule has 0 aliphatic carbocycles. The number of nitro benzene ring substituents is 1. The average molecular weight is 265 g/mol. The first-order valence-electron chi connectivity index (χ1n) is 6.54. The molecule has 0 aliphatic rings. The second-order valence-corrected chi connectivity index (χ2v) is 5.33. The number of hydrogen-bond acceptors (Lipinski definition) is 3. The summed E-state index contributed by atoms with van der Waals surface area (Å²) in [6.45, 7) is 8.33. The number of para-hydroxylation sites is 1. The van der Waals surface area contributed by atoms with Crippen LogP contribution in [0.3, 0.4) is 0 Å². The third-order valence-electron chi connectivity index (χ3n) is 2.24. The van der Waals surface area contributed by atoms with Gasteiger partial charge in [-0.2, -0.15) is 0 Å². The largest absolute Gasteiger partial charge is 0.300 e. The lowest BCUT2D eigenvalue weighted by molar-refractivity contribution is -0.384. The number of Topliss-reactive ketones (excluding diaryl/α,β-unsaturated/α-hetero) is 1. The van der Waals surface area contributed by atoms with Crippen molar-refractivity contribution in [2.75, 3.05) is 0 Å². The van der Waals surface area contributed by atoms with Crippen molar-refractivity contribution in [1.82, 2.24) is 0 Å². The SMILES string of the molecule is CC(C)CC(=O)CC(C)C.O=[N+]([O-])c1ccccc1. The van der Waals surface area contributed by atoms with Crippen molar-refractivity contribution >= 4 is 11.5 Å². The van der Waals surface area contributed by atoms with E-state index in [0.717, 1.165) is 12.8 Å². The van der Waals surface area contributed by atoms with Crippen molar-refractivity contribution in [2.45, 2.75) is 40.5 Å². The minimum Gasteiger partial charge on any atom is -0.300 e. The second-order valence-electron chi connectivity index (χ2n) is 5.33. The van der Waals surface area contributed by atoms with Crippen LogP contribution in [-0.4, -0.2) is 10.7 Å². The van der Waals surface area contributed by atoms with E-state index in [4.69, 9.17) is 0 Å². The first-order valence-corrected chi connectivity index (χ1v) is 6.54. The number of rotatable bonds is 5. The first kappa shape index (κ1) is 17.3. The number of carbonyl (C=O) groups excluding carboxylic acids is 1. The van der Waals surface area contributed by atoms with Crippen LogP contribution in [0.4, 0.5) is 5.69 Å². The van der Waals surface area contributed by atoms with E-state index in [1.807, 2.05) is 0 Å². The standard InChI is InChI=1S/C9H18O.C6H5NO2/c1-7(2)5-9(10)6-8(3)4;8-7(9)6-4-2-1-3-5-6/h7-8H,5-6H2,1-4H3;1-5H. The number of carbonyl (C=O) groups is 1. The summed E-state index contributed by atoms with van der Waals surface area (Å²) in [5, 5.41) is 10.0. The predicted molar refractivity (Wildman–Crippen MR) is 77.0 cm³/mol. The third-order valence-corrected chi connectivity index (χ3v) is 2.24. The van der Waals surface area contributed by atoms with E-state index >= 15 is 0 Å². The number of hydrogen-bond donors (Lipinski definition) is 0. The lowest BCUT2D eigenvalue weighted by atomic mass is 10.00. The molecule has 4 nitrogen and oxygen atoms in total. The van der Waals surface area contributed by atoms with Gasteiger partial charge in [0.1, 0.15) is 5.78 Å². The Balaban J connectivity index is 0.000000342. The molecule has 0 unspecified atom stereocenters. The molecule has 0 spiro atoms. The van der Waals surface area contributed by atoms with Crippen LogP contribution < -0.4 is 0 Å². The number of nitrogens with zero attached hydrogens (tertiary/aromatic N) is 1. The van der Waals surface area contributed by atoms with Crippen LogP contribution in [0, 0.1) is 22.0 Å². The molecule has 0 heterocycles. The van der Waals surface area contributed by atoms with Crippen molar-refractivity contribution in [2.24, 2.45) is 11.8 Å². The summed E-state index contributed by atoms with van der Waals surface area (Å²) in [4.78, 5) is 20.7. The monoisotopic (exact) mass is 265 g/mol. The zero-order chi connectivity index (χ0) is 14.8. The number of non-ortho nitro benzene ring substituents is 1. The van der Waals surface area contributed by atoms with Crippen molar-refractivity contribution in [3.05, 3.63) is 40.4 Å². The molecule has 0 aliphatic heterocycles. The van der Waals surface area contributed by atoms with Crippen LogP contribution in [0.5, 0.6) is 0 Å². The molecule has 19 heavy (non-hydrogen) atoms. The maximum absolute atomic E-state index is 11.1. The fourth-order valence-electron chi connectivity index (χ4n) is 1.54. The van der Waals surface area contributed by atoms with Gasteiger partial charge in [-0.15, -0.1) is 0 Å². The molecule has 0 saturated heterocycles. The van der Waals surface area contributed by atoms with Gasteiger partial charge in [0.25, 0.3) is 5.69 Å². The molecule has 4 heteroatoms. The van der Waals surface area contributed by atoms with E-state index in [0.29, 0.717) is 17.6 Å². The smallest absolute Gasteiger partial charge is 0.269 e.